The van der Waals surface area contributed by atoms with E-state index in [1.807, 2.05) is 12.1 Å². The third kappa shape index (κ3) is 2.96. The maximum absolute atomic E-state index is 11.6. The van der Waals surface area contributed by atoms with Crippen LogP contribution < -0.4 is 4.90 Å². The van der Waals surface area contributed by atoms with Crippen molar-refractivity contribution in [3.8, 4) is 0 Å². The van der Waals surface area contributed by atoms with Gasteiger partial charge in [0.1, 0.15) is 0 Å². The summed E-state index contributed by atoms with van der Waals surface area (Å²) in [6.07, 6.45) is 3.90. The van der Waals surface area contributed by atoms with Crippen molar-refractivity contribution in [3.63, 3.8) is 0 Å². The summed E-state index contributed by atoms with van der Waals surface area (Å²) in [4.78, 5) is 24.3. The Morgan fingerprint density at radius 3 is 2.41 bits per heavy atom. The van der Waals surface area contributed by atoms with E-state index < -0.39 is 0 Å². The quantitative estimate of drug-likeness (QED) is 0.755. The summed E-state index contributed by atoms with van der Waals surface area (Å²) in [5.41, 5.74) is 1.58. The van der Waals surface area contributed by atoms with Gasteiger partial charge in [-0.1, -0.05) is 19.1 Å². The van der Waals surface area contributed by atoms with Crippen molar-refractivity contribution in [2.45, 2.75) is 26.1 Å². The SMILES string of the molecule is CCC1COC1COCc1ccc(N2C(=O)C=CC2=O)cc1. The van der Waals surface area contributed by atoms with Crippen molar-refractivity contribution in [3.05, 3.63) is 42.0 Å². The second-order valence-electron chi connectivity index (χ2n) is 5.57. The molecule has 0 aliphatic carbocycles. The van der Waals surface area contributed by atoms with Gasteiger partial charge in [0, 0.05) is 18.1 Å². The van der Waals surface area contributed by atoms with Gasteiger partial charge >= 0.3 is 0 Å². The number of hydrogen-bond acceptors (Lipinski definition) is 4. The zero-order valence-electron chi connectivity index (χ0n) is 12.5. The van der Waals surface area contributed by atoms with Gasteiger partial charge in [0.05, 0.1) is 31.6 Å². The molecule has 0 bridgehead atoms. The Balaban J connectivity index is 1.51. The van der Waals surface area contributed by atoms with Gasteiger partial charge in [0.2, 0.25) is 0 Å². The van der Waals surface area contributed by atoms with Crippen LogP contribution in [-0.2, 0) is 25.7 Å². The maximum Gasteiger partial charge on any atom is 0.258 e. The van der Waals surface area contributed by atoms with Crippen molar-refractivity contribution in [2.24, 2.45) is 5.92 Å². The van der Waals surface area contributed by atoms with Gasteiger partial charge in [-0.15, -0.1) is 0 Å². The molecular weight excluding hydrogens is 282 g/mol. The molecule has 2 heterocycles. The van der Waals surface area contributed by atoms with Crippen molar-refractivity contribution < 1.29 is 19.1 Å². The van der Waals surface area contributed by atoms with Crippen molar-refractivity contribution in [1.29, 1.82) is 0 Å². The highest BCUT2D eigenvalue weighted by molar-refractivity contribution is 6.28. The largest absolute Gasteiger partial charge is 0.375 e. The molecule has 0 saturated carbocycles. The molecular formula is C17H19NO4. The minimum absolute atomic E-state index is 0.218. The fourth-order valence-corrected chi connectivity index (χ4v) is 2.62. The number of hydrogen-bond donors (Lipinski definition) is 0. The van der Waals surface area contributed by atoms with Gasteiger partial charge < -0.3 is 9.47 Å². The first kappa shape index (κ1) is 14.9. The van der Waals surface area contributed by atoms with E-state index in [-0.39, 0.29) is 17.9 Å². The molecule has 1 aromatic rings. The second-order valence-corrected chi connectivity index (χ2v) is 5.57. The van der Waals surface area contributed by atoms with Crippen molar-refractivity contribution >= 4 is 17.5 Å². The van der Waals surface area contributed by atoms with Crippen LogP contribution in [0, 0.1) is 5.92 Å². The normalized spacial score (nSPS) is 24.0. The number of ether oxygens (including phenoxy) is 2. The van der Waals surface area contributed by atoms with Crippen LogP contribution >= 0.6 is 0 Å². The van der Waals surface area contributed by atoms with Crippen LogP contribution in [0.4, 0.5) is 5.69 Å². The second kappa shape index (κ2) is 6.42. The van der Waals surface area contributed by atoms with E-state index in [4.69, 9.17) is 9.47 Å². The van der Waals surface area contributed by atoms with Gasteiger partial charge in [-0.25, -0.2) is 4.90 Å². The third-order valence-electron chi connectivity index (χ3n) is 4.13. The summed E-state index contributed by atoms with van der Waals surface area (Å²) in [7, 11) is 0. The lowest BCUT2D eigenvalue weighted by Gasteiger charge is -2.35. The first-order chi connectivity index (χ1) is 10.7. The van der Waals surface area contributed by atoms with E-state index in [0.717, 1.165) is 23.5 Å². The molecule has 2 amide bonds. The molecule has 2 atom stereocenters. The number of nitrogens with zero attached hydrogens (tertiary/aromatic N) is 1. The van der Waals surface area contributed by atoms with Gasteiger partial charge in [0.25, 0.3) is 11.8 Å². The summed E-state index contributed by atoms with van der Waals surface area (Å²) < 4.78 is 11.1. The molecule has 22 heavy (non-hydrogen) atoms. The molecule has 0 N–H and O–H groups in total. The van der Waals surface area contributed by atoms with E-state index in [2.05, 4.69) is 6.92 Å². The Morgan fingerprint density at radius 1 is 1.18 bits per heavy atom. The molecule has 1 aromatic carbocycles. The number of carbonyl (C=O) groups is 2. The summed E-state index contributed by atoms with van der Waals surface area (Å²) in [6.45, 7) is 4.10. The van der Waals surface area contributed by atoms with Gasteiger partial charge in [0.15, 0.2) is 0 Å². The number of rotatable bonds is 6. The summed E-state index contributed by atoms with van der Waals surface area (Å²) >= 11 is 0. The number of anilines is 1. The Hall–Kier alpha value is -1.98. The van der Waals surface area contributed by atoms with Crippen LogP contribution in [0.2, 0.25) is 0 Å². The smallest absolute Gasteiger partial charge is 0.258 e. The lowest BCUT2D eigenvalue weighted by atomic mass is 9.96. The molecule has 0 radical (unpaired) electrons. The van der Waals surface area contributed by atoms with Crippen LogP contribution in [0.1, 0.15) is 18.9 Å². The molecule has 1 saturated heterocycles. The molecule has 2 unspecified atom stereocenters. The minimum Gasteiger partial charge on any atom is -0.375 e. The first-order valence-electron chi connectivity index (χ1n) is 7.53. The Bertz CT molecular complexity index is 573. The molecule has 1 fully saturated rings. The van der Waals surface area contributed by atoms with Crippen LogP contribution in [0.3, 0.4) is 0 Å². The molecule has 0 spiro atoms. The summed E-state index contributed by atoms with van der Waals surface area (Å²) in [5.74, 6) is 0.00514. The highest BCUT2D eigenvalue weighted by Crippen LogP contribution is 2.24. The molecule has 0 aromatic heterocycles. The molecule has 5 heteroatoms. The van der Waals surface area contributed by atoms with E-state index >= 15 is 0 Å². The number of carbonyl (C=O) groups excluding carboxylic acids is 2. The van der Waals surface area contributed by atoms with Crippen LogP contribution in [-0.4, -0.2) is 31.1 Å². The molecule has 2 aliphatic heterocycles. The highest BCUT2D eigenvalue weighted by Gasteiger charge is 2.30. The van der Waals surface area contributed by atoms with Crippen molar-refractivity contribution in [2.75, 3.05) is 18.1 Å². The van der Waals surface area contributed by atoms with Crippen molar-refractivity contribution in [1.82, 2.24) is 0 Å². The molecule has 3 rings (SSSR count). The van der Waals surface area contributed by atoms with Crippen LogP contribution in [0.5, 0.6) is 0 Å². The lowest BCUT2D eigenvalue weighted by molar-refractivity contribution is -0.149. The topological polar surface area (TPSA) is 55.8 Å². The van der Waals surface area contributed by atoms with Crippen LogP contribution in [0.25, 0.3) is 0 Å². The number of imide groups is 1. The zero-order chi connectivity index (χ0) is 15.5. The Labute approximate surface area is 129 Å². The number of benzene rings is 1. The van der Waals surface area contributed by atoms with Crippen LogP contribution in [0.15, 0.2) is 36.4 Å². The lowest BCUT2D eigenvalue weighted by Crippen LogP contribution is -2.42. The zero-order valence-corrected chi connectivity index (χ0v) is 12.5. The summed E-state index contributed by atoms with van der Waals surface area (Å²) in [6, 6.07) is 7.26. The number of amides is 2. The molecule has 2 aliphatic rings. The average molecular weight is 301 g/mol. The van der Waals surface area contributed by atoms with Gasteiger partial charge in [-0.2, -0.15) is 0 Å². The highest BCUT2D eigenvalue weighted by atomic mass is 16.5. The van der Waals surface area contributed by atoms with E-state index in [0.29, 0.717) is 24.8 Å². The maximum atomic E-state index is 11.6. The minimum atomic E-state index is -0.304. The van der Waals surface area contributed by atoms with Gasteiger partial charge in [-0.05, 0) is 24.1 Å². The van der Waals surface area contributed by atoms with E-state index in [1.54, 1.807) is 12.1 Å². The first-order valence-corrected chi connectivity index (χ1v) is 7.53. The Kier molecular flexibility index (Phi) is 4.36. The average Bonchev–Trinajstić information content (AvgIpc) is 2.83. The predicted molar refractivity (Wildman–Crippen MR) is 81.3 cm³/mol. The summed E-state index contributed by atoms with van der Waals surface area (Å²) in [5, 5.41) is 0. The molecule has 116 valence electrons. The predicted octanol–water partition coefficient (Wildman–Crippen LogP) is 2.06. The van der Waals surface area contributed by atoms with Gasteiger partial charge in [-0.3, -0.25) is 9.59 Å². The Morgan fingerprint density at radius 2 is 1.86 bits per heavy atom. The van der Waals surface area contributed by atoms with E-state index in [9.17, 15) is 9.59 Å². The fourth-order valence-electron chi connectivity index (χ4n) is 2.62. The third-order valence-corrected chi connectivity index (χ3v) is 4.13. The monoisotopic (exact) mass is 301 g/mol. The van der Waals surface area contributed by atoms with E-state index in [1.165, 1.54) is 12.2 Å². The fraction of sp³-hybridized carbons (Fsp3) is 0.412. The standard InChI is InChI=1S/C17H19NO4/c1-2-13-10-22-15(13)11-21-9-12-3-5-14(6-4-12)18-16(19)7-8-17(18)20/h3-8,13,15H,2,9-11H2,1H3. The molecule has 5 nitrogen and oxygen atoms in total.